The van der Waals surface area contributed by atoms with Crippen LogP contribution in [0.1, 0.15) is 30.9 Å². The molecule has 1 aliphatic heterocycles. The van der Waals surface area contributed by atoms with Gasteiger partial charge in [-0.25, -0.2) is 8.42 Å². The van der Waals surface area contributed by atoms with Gasteiger partial charge in [0.05, 0.1) is 18.9 Å². The van der Waals surface area contributed by atoms with Gasteiger partial charge in [0, 0.05) is 26.2 Å². The van der Waals surface area contributed by atoms with Gasteiger partial charge in [-0.3, -0.25) is 9.59 Å². The molecular formula is C25H33N3O5S. The molecule has 0 spiro atoms. The fourth-order valence-electron chi connectivity index (χ4n) is 3.85. The Kier molecular flexibility index (Phi) is 9.20. The first-order chi connectivity index (χ1) is 16.2. The standard InChI is InChI=1S/C25H33N3O5S/c1-20(25(30)26-16-23-14-9-15-33-23)28(18-22-12-7-4-8-13-22)24(29)19-27(34(2,31)32)17-21-10-5-3-6-11-21/h3-8,10-13,20,23H,9,14-19H2,1-2H3,(H,26,30)/t20-,23+/m1/s1. The summed E-state index contributed by atoms with van der Waals surface area (Å²) in [6.45, 7) is 2.65. The molecule has 0 radical (unpaired) electrons. The van der Waals surface area contributed by atoms with Crippen molar-refractivity contribution in [3.8, 4) is 0 Å². The number of hydrogen-bond donors (Lipinski definition) is 1. The third-order valence-electron chi connectivity index (χ3n) is 5.87. The molecule has 0 saturated carbocycles. The van der Waals surface area contributed by atoms with Gasteiger partial charge in [-0.2, -0.15) is 4.31 Å². The molecule has 1 saturated heterocycles. The Morgan fingerprint density at radius 2 is 1.62 bits per heavy atom. The second-order valence-corrected chi connectivity index (χ2v) is 10.6. The van der Waals surface area contributed by atoms with Crippen LogP contribution in [0.3, 0.4) is 0 Å². The SMILES string of the molecule is C[C@H](C(=O)NC[C@@H]1CCCO1)N(Cc1ccccc1)C(=O)CN(Cc1ccccc1)S(C)(=O)=O. The third kappa shape index (κ3) is 7.65. The minimum absolute atomic E-state index is 0.0129. The Morgan fingerprint density at radius 3 is 2.15 bits per heavy atom. The fourth-order valence-corrected chi connectivity index (χ4v) is 4.58. The Labute approximate surface area is 201 Å². The van der Waals surface area contributed by atoms with E-state index in [4.69, 9.17) is 4.74 Å². The largest absolute Gasteiger partial charge is 0.376 e. The number of benzene rings is 2. The smallest absolute Gasteiger partial charge is 0.242 e. The van der Waals surface area contributed by atoms with Crippen molar-refractivity contribution in [3.63, 3.8) is 0 Å². The van der Waals surface area contributed by atoms with Crippen LogP contribution in [0.4, 0.5) is 0 Å². The van der Waals surface area contributed by atoms with Gasteiger partial charge in [-0.15, -0.1) is 0 Å². The lowest BCUT2D eigenvalue weighted by molar-refractivity contribution is -0.141. The maximum Gasteiger partial charge on any atom is 0.242 e. The van der Waals surface area contributed by atoms with Crippen LogP contribution in [0.15, 0.2) is 60.7 Å². The first-order valence-electron chi connectivity index (χ1n) is 11.5. The van der Waals surface area contributed by atoms with Crippen molar-refractivity contribution < 1.29 is 22.7 Å². The monoisotopic (exact) mass is 487 g/mol. The van der Waals surface area contributed by atoms with Crippen molar-refractivity contribution >= 4 is 21.8 Å². The highest BCUT2D eigenvalue weighted by Crippen LogP contribution is 2.14. The number of carbonyl (C=O) groups excluding carboxylic acids is 2. The fraction of sp³-hybridized carbons (Fsp3) is 0.440. The van der Waals surface area contributed by atoms with Gasteiger partial charge in [-0.1, -0.05) is 60.7 Å². The molecule has 1 aliphatic rings. The van der Waals surface area contributed by atoms with E-state index < -0.39 is 22.0 Å². The average Bonchev–Trinajstić information content (AvgIpc) is 3.34. The zero-order chi connectivity index (χ0) is 24.6. The van der Waals surface area contributed by atoms with Crippen molar-refractivity contribution in [1.29, 1.82) is 0 Å². The lowest BCUT2D eigenvalue weighted by Gasteiger charge is -2.31. The Morgan fingerprint density at radius 1 is 1.03 bits per heavy atom. The molecule has 1 fully saturated rings. The normalized spacial score (nSPS) is 16.9. The summed E-state index contributed by atoms with van der Waals surface area (Å²) in [4.78, 5) is 27.8. The molecule has 184 valence electrons. The van der Waals surface area contributed by atoms with Crippen LogP contribution >= 0.6 is 0 Å². The molecule has 0 bridgehead atoms. The molecule has 2 amide bonds. The summed E-state index contributed by atoms with van der Waals surface area (Å²) in [5.74, 6) is -0.737. The minimum atomic E-state index is -3.66. The van der Waals surface area contributed by atoms with Crippen molar-refractivity contribution in [3.05, 3.63) is 71.8 Å². The van der Waals surface area contributed by atoms with Crippen LogP contribution < -0.4 is 5.32 Å². The first kappa shape index (κ1) is 25.9. The van der Waals surface area contributed by atoms with Gasteiger partial charge < -0.3 is 15.0 Å². The van der Waals surface area contributed by atoms with Crippen LogP contribution in [-0.4, -0.2) is 67.5 Å². The van der Waals surface area contributed by atoms with Gasteiger partial charge in [0.1, 0.15) is 6.04 Å². The van der Waals surface area contributed by atoms with Gasteiger partial charge in [0.25, 0.3) is 0 Å². The second kappa shape index (κ2) is 12.1. The molecule has 2 aromatic rings. The van der Waals surface area contributed by atoms with Crippen LogP contribution in [0.2, 0.25) is 0 Å². The molecule has 0 unspecified atom stereocenters. The van der Waals surface area contributed by atoms with E-state index in [1.54, 1.807) is 6.92 Å². The maximum absolute atomic E-state index is 13.4. The first-order valence-corrected chi connectivity index (χ1v) is 13.3. The minimum Gasteiger partial charge on any atom is -0.376 e. The highest BCUT2D eigenvalue weighted by Gasteiger charge is 2.30. The molecule has 9 heteroatoms. The summed E-state index contributed by atoms with van der Waals surface area (Å²) in [5, 5.41) is 2.88. The highest BCUT2D eigenvalue weighted by atomic mass is 32.2. The average molecular weight is 488 g/mol. The number of nitrogens with zero attached hydrogens (tertiary/aromatic N) is 2. The lowest BCUT2D eigenvalue weighted by Crippen LogP contribution is -2.51. The molecule has 34 heavy (non-hydrogen) atoms. The van der Waals surface area contributed by atoms with Crippen LogP contribution in [0, 0.1) is 0 Å². The molecule has 2 atom stereocenters. The van der Waals surface area contributed by atoms with Crippen molar-refractivity contribution in [1.82, 2.24) is 14.5 Å². The molecule has 2 aromatic carbocycles. The highest BCUT2D eigenvalue weighted by molar-refractivity contribution is 7.88. The molecule has 1 N–H and O–H groups in total. The van der Waals surface area contributed by atoms with Crippen LogP contribution in [0.25, 0.3) is 0 Å². The maximum atomic E-state index is 13.4. The molecule has 0 aromatic heterocycles. The topological polar surface area (TPSA) is 96.0 Å². The number of ether oxygens (including phenoxy) is 1. The number of carbonyl (C=O) groups is 2. The van der Waals surface area contributed by atoms with Crippen LogP contribution in [0.5, 0.6) is 0 Å². The van der Waals surface area contributed by atoms with Gasteiger partial charge in [0.15, 0.2) is 0 Å². The Bertz CT molecular complexity index is 1040. The molecule has 3 rings (SSSR count). The number of amides is 2. The van der Waals surface area contributed by atoms with Gasteiger partial charge in [-0.05, 0) is 30.9 Å². The van der Waals surface area contributed by atoms with E-state index in [9.17, 15) is 18.0 Å². The molecule has 0 aliphatic carbocycles. The van der Waals surface area contributed by atoms with E-state index >= 15 is 0 Å². The second-order valence-electron chi connectivity index (χ2n) is 8.58. The van der Waals surface area contributed by atoms with Crippen molar-refractivity contribution in [2.75, 3.05) is 26.0 Å². The lowest BCUT2D eigenvalue weighted by atomic mass is 10.1. The van der Waals surface area contributed by atoms with Crippen molar-refractivity contribution in [2.24, 2.45) is 0 Å². The zero-order valence-corrected chi connectivity index (χ0v) is 20.5. The number of hydrogen-bond acceptors (Lipinski definition) is 5. The summed E-state index contributed by atoms with van der Waals surface area (Å²) in [7, 11) is -3.66. The summed E-state index contributed by atoms with van der Waals surface area (Å²) in [6.07, 6.45) is 2.94. The Hall–Kier alpha value is -2.75. The van der Waals surface area contributed by atoms with E-state index in [1.807, 2.05) is 60.7 Å². The van der Waals surface area contributed by atoms with E-state index in [-0.39, 0.29) is 31.6 Å². The van der Waals surface area contributed by atoms with Gasteiger partial charge >= 0.3 is 0 Å². The van der Waals surface area contributed by atoms with Gasteiger partial charge in [0.2, 0.25) is 21.8 Å². The van der Waals surface area contributed by atoms with E-state index in [1.165, 1.54) is 4.90 Å². The zero-order valence-electron chi connectivity index (χ0n) is 19.7. The number of nitrogens with one attached hydrogen (secondary N) is 1. The van der Waals surface area contributed by atoms with E-state index in [0.29, 0.717) is 13.2 Å². The van der Waals surface area contributed by atoms with E-state index in [0.717, 1.165) is 34.5 Å². The molecular weight excluding hydrogens is 454 g/mol. The third-order valence-corrected chi connectivity index (χ3v) is 7.07. The summed E-state index contributed by atoms with van der Waals surface area (Å²) in [5.41, 5.74) is 1.63. The number of sulfonamides is 1. The van der Waals surface area contributed by atoms with Crippen molar-refractivity contribution in [2.45, 2.75) is 45.0 Å². The predicted molar refractivity (Wildman–Crippen MR) is 130 cm³/mol. The summed E-state index contributed by atoms with van der Waals surface area (Å²) < 4.78 is 31.6. The Balaban J connectivity index is 1.75. The van der Waals surface area contributed by atoms with Crippen LogP contribution in [-0.2, 0) is 37.4 Å². The van der Waals surface area contributed by atoms with E-state index in [2.05, 4.69) is 5.32 Å². The number of rotatable bonds is 11. The summed E-state index contributed by atoms with van der Waals surface area (Å²) >= 11 is 0. The quantitative estimate of drug-likeness (QED) is 0.524. The molecule has 8 nitrogen and oxygen atoms in total. The summed E-state index contributed by atoms with van der Waals surface area (Å²) in [6, 6.07) is 17.7. The predicted octanol–water partition coefficient (Wildman–Crippen LogP) is 2.16. The molecule has 1 heterocycles.